The maximum Gasteiger partial charge on any atom is 0.243 e. The summed E-state index contributed by atoms with van der Waals surface area (Å²) < 4.78 is 26.6. The van der Waals surface area contributed by atoms with Crippen LogP contribution in [0.15, 0.2) is 66.7 Å². The SMILES string of the molecule is CCNC(=O)[C@H](Cc1ccccc1)N(Cc1ccc(Cl)c(Cl)c1)C(=O)CCCN(c1cc(Cl)ccc1C)S(C)(=O)=O. The highest BCUT2D eigenvalue weighted by atomic mass is 35.5. The van der Waals surface area contributed by atoms with Crippen molar-refractivity contribution in [1.29, 1.82) is 0 Å². The van der Waals surface area contributed by atoms with E-state index in [9.17, 15) is 18.0 Å². The molecule has 3 aromatic carbocycles. The summed E-state index contributed by atoms with van der Waals surface area (Å²) >= 11 is 18.5. The first kappa shape index (κ1) is 32.7. The van der Waals surface area contributed by atoms with E-state index < -0.39 is 16.1 Å². The van der Waals surface area contributed by atoms with E-state index in [2.05, 4.69) is 5.32 Å². The molecule has 0 saturated heterocycles. The van der Waals surface area contributed by atoms with Crippen LogP contribution in [0, 0.1) is 6.92 Å². The summed E-state index contributed by atoms with van der Waals surface area (Å²) in [5.41, 5.74) is 2.81. The molecule has 7 nitrogen and oxygen atoms in total. The quantitative estimate of drug-likeness (QED) is 0.239. The zero-order valence-electron chi connectivity index (χ0n) is 23.2. The lowest BCUT2D eigenvalue weighted by Crippen LogP contribution is -2.50. The predicted octanol–water partition coefficient (Wildman–Crippen LogP) is 6.28. The van der Waals surface area contributed by atoms with Gasteiger partial charge < -0.3 is 10.2 Å². The van der Waals surface area contributed by atoms with Gasteiger partial charge in [-0.3, -0.25) is 13.9 Å². The number of likely N-dealkylation sites (N-methyl/N-ethyl adjacent to an activating group) is 1. The number of hydrogen-bond acceptors (Lipinski definition) is 4. The molecule has 0 aliphatic heterocycles. The molecule has 1 N–H and O–H groups in total. The Morgan fingerprint density at radius 2 is 1.63 bits per heavy atom. The standard InChI is InChI=1S/C30H34Cl3N3O4S/c1-4-34-30(38)28(18-22-9-6-5-7-10-22)35(20-23-13-15-25(32)26(33)17-23)29(37)11-8-16-36(41(3,39)40)27-19-24(31)14-12-21(27)2/h5-7,9-10,12-15,17,19,28H,4,8,11,16,18,20H2,1-3H3,(H,34,38)/t28-/m0/s1. The summed E-state index contributed by atoms with van der Waals surface area (Å²) in [7, 11) is -3.65. The average molecular weight is 639 g/mol. The summed E-state index contributed by atoms with van der Waals surface area (Å²) in [6, 6.07) is 18.8. The molecule has 220 valence electrons. The smallest absolute Gasteiger partial charge is 0.243 e. The number of aryl methyl sites for hydroxylation is 1. The number of anilines is 1. The van der Waals surface area contributed by atoms with Crippen LogP contribution in [0.3, 0.4) is 0 Å². The number of nitrogens with one attached hydrogen (secondary N) is 1. The molecule has 11 heteroatoms. The number of sulfonamides is 1. The predicted molar refractivity (Wildman–Crippen MR) is 167 cm³/mol. The van der Waals surface area contributed by atoms with Crippen molar-refractivity contribution in [2.75, 3.05) is 23.7 Å². The first-order valence-corrected chi connectivity index (χ1v) is 16.2. The third-order valence-corrected chi connectivity index (χ3v) is 8.71. The van der Waals surface area contributed by atoms with E-state index >= 15 is 0 Å². The summed E-state index contributed by atoms with van der Waals surface area (Å²) in [5.74, 6) is -0.573. The number of halogens is 3. The number of nitrogens with zero attached hydrogens (tertiary/aromatic N) is 2. The molecule has 2 amide bonds. The van der Waals surface area contributed by atoms with Gasteiger partial charge in [-0.2, -0.15) is 0 Å². The third kappa shape index (κ3) is 9.36. The summed E-state index contributed by atoms with van der Waals surface area (Å²) in [4.78, 5) is 28.7. The van der Waals surface area contributed by atoms with E-state index in [-0.39, 0.29) is 37.7 Å². The summed E-state index contributed by atoms with van der Waals surface area (Å²) in [5, 5.41) is 3.99. The first-order valence-electron chi connectivity index (χ1n) is 13.2. The Labute approximate surface area is 257 Å². The van der Waals surface area contributed by atoms with Crippen LogP contribution in [0.4, 0.5) is 5.69 Å². The largest absolute Gasteiger partial charge is 0.355 e. The highest BCUT2D eigenvalue weighted by Crippen LogP contribution is 2.28. The van der Waals surface area contributed by atoms with Crippen molar-refractivity contribution in [2.24, 2.45) is 0 Å². The van der Waals surface area contributed by atoms with E-state index in [4.69, 9.17) is 34.8 Å². The van der Waals surface area contributed by atoms with Gasteiger partial charge >= 0.3 is 0 Å². The fourth-order valence-electron chi connectivity index (χ4n) is 4.51. The molecule has 0 aliphatic rings. The van der Waals surface area contributed by atoms with E-state index in [0.717, 1.165) is 17.4 Å². The summed E-state index contributed by atoms with van der Waals surface area (Å²) in [6.45, 7) is 4.21. The second-order valence-corrected chi connectivity index (χ2v) is 12.9. The van der Waals surface area contributed by atoms with Gasteiger partial charge in [-0.15, -0.1) is 0 Å². The molecular formula is C30H34Cl3N3O4S. The van der Waals surface area contributed by atoms with E-state index in [1.165, 1.54) is 9.21 Å². The number of rotatable bonds is 13. The molecule has 3 aromatic rings. The molecule has 0 bridgehead atoms. The zero-order chi connectivity index (χ0) is 30.2. The van der Waals surface area contributed by atoms with Gasteiger partial charge in [-0.1, -0.05) is 77.3 Å². The minimum atomic E-state index is -3.65. The average Bonchev–Trinajstić information content (AvgIpc) is 2.92. The van der Waals surface area contributed by atoms with Gasteiger partial charge in [-0.25, -0.2) is 8.42 Å². The fourth-order valence-corrected chi connectivity index (χ4v) is 6.02. The number of hydrogen-bond donors (Lipinski definition) is 1. The van der Waals surface area contributed by atoms with Gasteiger partial charge in [0.15, 0.2) is 0 Å². The van der Waals surface area contributed by atoms with Gasteiger partial charge in [0.1, 0.15) is 6.04 Å². The fraction of sp³-hybridized carbons (Fsp3) is 0.333. The monoisotopic (exact) mass is 637 g/mol. The molecule has 3 rings (SSSR count). The van der Waals surface area contributed by atoms with Crippen LogP contribution in [0.1, 0.15) is 36.5 Å². The number of amides is 2. The highest BCUT2D eigenvalue weighted by molar-refractivity contribution is 7.92. The lowest BCUT2D eigenvalue weighted by atomic mass is 10.0. The Kier molecular flexibility index (Phi) is 11.9. The lowest BCUT2D eigenvalue weighted by Gasteiger charge is -2.32. The van der Waals surface area contributed by atoms with Gasteiger partial charge in [-0.05, 0) is 61.2 Å². The molecule has 0 aromatic heterocycles. The van der Waals surface area contributed by atoms with Crippen molar-refractivity contribution in [3.8, 4) is 0 Å². The van der Waals surface area contributed by atoms with Crippen LogP contribution < -0.4 is 9.62 Å². The van der Waals surface area contributed by atoms with Crippen molar-refractivity contribution >= 4 is 62.3 Å². The Bertz CT molecular complexity index is 1470. The third-order valence-electron chi connectivity index (χ3n) is 6.55. The minimum Gasteiger partial charge on any atom is -0.355 e. The van der Waals surface area contributed by atoms with Gasteiger partial charge in [0, 0.05) is 37.5 Å². The number of carbonyl (C=O) groups excluding carboxylic acids is 2. The maximum atomic E-state index is 13.8. The number of carbonyl (C=O) groups is 2. The van der Waals surface area contributed by atoms with Crippen molar-refractivity contribution in [1.82, 2.24) is 10.2 Å². The van der Waals surface area contributed by atoms with Crippen LogP contribution in [0.2, 0.25) is 15.1 Å². The van der Waals surface area contributed by atoms with Crippen LogP contribution in [-0.4, -0.2) is 50.5 Å². The molecule has 41 heavy (non-hydrogen) atoms. The summed E-state index contributed by atoms with van der Waals surface area (Å²) in [6.07, 6.45) is 1.66. The maximum absolute atomic E-state index is 13.8. The van der Waals surface area contributed by atoms with Crippen molar-refractivity contribution < 1.29 is 18.0 Å². The molecule has 0 spiro atoms. The molecule has 0 radical (unpaired) electrons. The van der Waals surface area contributed by atoms with Crippen LogP contribution >= 0.6 is 34.8 Å². The molecule has 0 unspecified atom stereocenters. The Balaban J connectivity index is 1.90. The molecule has 1 atom stereocenters. The van der Waals surface area contributed by atoms with Crippen LogP contribution in [0.25, 0.3) is 0 Å². The van der Waals surface area contributed by atoms with Gasteiger partial charge in [0.2, 0.25) is 21.8 Å². The van der Waals surface area contributed by atoms with E-state index in [0.29, 0.717) is 39.3 Å². The second kappa shape index (κ2) is 14.9. The number of benzene rings is 3. The normalized spacial score (nSPS) is 12.0. The molecule has 0 fully saturated rings. The van der Waals surface area contributed by atoms with Crippen molar-refractivity contribution in [3.63, 3.8) is 0 Å². The molecule has 0 heterocycles. The van der Waals surface area contributed by atoms with Crippen LogP contribution in [-0.2, 0) is 32.6 Å². The minimum absolute atomic E-state index is 0.0116. The molecule has 0 aliphatic carbocycles. The van der Waals surface area contributed by atoms with Crippen molar-refractivity contribution in [2.45, 2.75) is 45.7 Å². The topological polar surface area (TPSA) is 86.8 Å². The highest BCUT2D eigenvalue weighted by Gasteiger charge is 2.30. The lowest BCUT2D eigenvalue weighted by molar-refractivity contribution is -0.141. The van der Waals surface area contributed by atoms with Crippen LogP contribution in [0.5, 0.6) is 0 Å². The van der Waals surface area contributed by atoms with Gasteiger partial charge in [0.05, 0.1) is 22.0 Å². The van der Waals surface area contributed by atoms with Crippen molar-refractivity contribution in [3.05, 3.63) is 98.5 Å². The van der Waals surface area contributed by atoms with E-state index in [1.54, 1.807) is 43.3 Å². The Morgan fingerprint density at radius 1 is 0.927 bits per heavy atom. The Hall–Kier alpha value is -2.78. The van der Waals surface area contributed by atoms with Gasteiger partial charge in [0.25, 0.3) is 0 Å². The second-order valence-electron chi connectivity index (χ2n) is 9.74. The zero-order valence-corrected chi connectivity index (χ0v) is 26.3. The Morgan fingerprint density at radius 3 is 2.27 bits per heavy atom. The molecular weight excluding hydrogens is 605 g/mol. The van der Waals surface area contributed by atoms with E-state index in [1.807, 2.05) is 37.3 Å². The first-order chi connectivity index (χ1) is 19.4. The molecule has 0 saturated carbocycles.